The minimum atomic E-state index is 0.230. The van der Waals surface area contributed by atoms with E-state index in [0.717, 1.165) is 19.3 Å². The predicted molar refractivity (Wildman–Crippen MR) is 83.2 cm³/mol. The molecule has 3 N–H and O–H groups in total. The second-order valence-electron chi connectivity index (χ2n) is 5.68. The summed E-state index contributed by atoms with van der Waals surface area (Å²) < 4.78 is 0. The summed E-state index contributed by atoms with van der Waals surface area (Å²) in [6.45, 7) is 2.18. The molecule has 104 valence electrons. The zero-order valence-electron chi connectivity index (χ0n) is 12.0. The Morgan fingerprint density at radius 2 is 1.65 bits per heavy atom. The predicted octanol–water partition coefficient (Wildman–Crippen LogP) is 3.17. The summed E-state index contributed by atoms with van der Waals surface area (Å²) in [5, 5.41) is 0. The van der Waals surface area contributed by atoms with E-state index in [9.17, 15) is 0 Å². The standard InChI is InChI=1S/C18H22N2/c1-2-13-7-9-14(10-8-13)18(20-19)17-11-15-5-3-4-6-16(15)12-17/h3-10,17-18,20H,2,11-12,19H2,1H3. The topological polar surface area (TPSA) is 38.0 Å². The van der Waals surface area contributed by atoms with Gasteiger partial charge in [0.1, 0.15) is 0 Å². The van der Waals surface area contributed by atoms with E-state index < -0.39 is 0 Å². The lowest BCUT2D eigenvalue weighted by molar-refractivity contribution is 0.379. The van der Waals surface area contributed by atoms with Gasteiger partial charge in [0.05, 0.1) is 0 Å². The lowest BCUT2D eigenvalue weighted by atomic mass is 9.90. The number of aryl methyl sites for hydroxylation is 1. The van der Waals surface area contributed by atoms with Crippen LogP contribution in [0.5, 0.6) is 0 Å². The van der Waals surface area contributed by atoms with Crippen molar-refractivity contribution < 1.29 is 0 Å². The van der Waals surface area contributed by atoms with Crippen molar-refractivity contribution in [2.75, 3.05) is 0 Å². The molecule has 1 unspecified atom stereocenters. The van der Waals surface area contributed by atoms with Crippen LogP contribution < -0.4 is 11.3 Å². The minimum absolute atomic E-state index is 0.230. The second kappa shape index (κ2) is 5.78. The molecule has 0 bridgehead atoms. The fourth-order valence-corrected chi connectivity index (χ4v) is 3.29. The van der Waals surface area contributed by atoms with Gasteiger partial charge in [-0.3, -0.25) is 11.3 Å². The average molecular weight is 266 g/mol. The lowest BCUT2D eigenvalue weighted by Crippen LogP contribution is -2.34. The third-order valence-corrected chi connectivity index (χ3v) is 4.48. The van der Waals surface area contributed by atoms with Crippen molar-refractivity contribution in [2.45, 2.75) is 32.2 Å². The van der Waals surface area contributed by atoms with Crippen molar-refractivity contribution >= 4 is 0 Å². The summed E-state index contributed by atoms with van der Waals surface area (Å²) in [7, 11) is 0. The third-order valence-electron chi connectivity index (χ3n) is 4.48. The molecule has 0 aromatic heterocycles. The van der Waals surface area contributed by atoms with Crippen molar-refractivity contribution in [1.29, 1.82) is 0 Å². The SMILES string of the molecule is CCc1ccc(C(NN)C2Cc3ccccc3C2)cc1. The van der Waals surface area contributed by atoms with Crippen LogP contribution in [0.25, 0.3) is 0 Å². The Bertz CT molecular complexity index is 549. The first-order chi connectivity index (χ1) is 9.81. The number of nitrogens with one attached hydrogen (secondary N) is 1. The lowest BCUT2D eigenvalue weighted by Gasteiger charge is -2.23. The van der Waals surface area contributed by atoms with Gasteiger partial charge in [-0.05, 0) is 47.4 Å². The van der Waals surface area contributed by atoms with Crippen molar-refractivity contribution in [2.24, 2.45) is 11.8 Å². The number of nitrogens with two attached hydrogens (primary N) is 1. The molecule has 1 aliphatic carbocycles. The van der Waals surface area contributed by atoms with Crippen LogP contribution in [0.15, 0.2) is 48.5 Å². The van der Waals surface area contributed by atoms with E-state index in [2.05, 4.69) is 60.9 Å². The van der Waals surface area contributed by atoms with E-state index in [1.165, 1.54) is 22.3 Å². The van der Waals surface area contributed by atoms with Gasteiger partial charge in [-0.2, -0.15) is 0 Å². The molecule has 2 aromatic carbocycles. The van der Waals surface area contributed by atoms with Crippen LogP contribution in [0.3, 0.4) is 0 Å². The smallest absolute Gasteiger partial charge is 0.0494 e. The summed E-state index contributed by atoms with van der Waals surface area (Å²) in [5.74, 6) is 6.39. The van der Waals surface area contributed by atoms with Crippen LogP contribution in [0.2, 0.25) is 0 Å². The summed E-state index contributed by atoms with van der Waals surface area (Å²) >= 11 is 0. The Hall–Kier alpha value is -1.64. The van der Waals surface area contributed by atoms with Crippen LogP contribution in [-0.2, 0) is 19.3 Å². The molecule has 1 atom stereocenters. The molecule has 0 fully saturated rings. The molecule has 0 aliphatic heterocycles. The van der Waals surface area contributed by atoms with Crippen LogP contribution in [0, 0.1) is 5.92 Å². The first-order valence-electron chi connectivity index (χ1n) is 7.43. The molecule has 0 radical (unpaired) electrons. The van der Waals surface area contributed by atoms with Crippen LogP contribution in [0.4, 0.5) is 0 Å². The number of rotatable bonds is 4. The maximum absolute atomic E-state index is 5.84. The van der Waals surface area contributed by atoms with Gasteiger partial charge in [-0.15, -0.1) is 0 Å². The van der Waals surface area contributed by atoms with E-state index in [-0.39, 0.29) is 6.04 Å². The molecule has 0 saturated heterocycles. The molecule has 2 aromatic rings. The van der Waals surface area contributed by atoms with Crippen molar-refractivity contribution in [3.63, 3.8) is 0 Å². The molecule has 2 heteroatoms. The fourth-order valence-electron chi connectivity index (χ4n) is 3.29. The first-order valence-corrected chi connectivity index (χ1v) is 7.43. The minimum Gasteiger partial charge on any atom is -0.271 e. The Balaban J connectivity index is 1.81. The summed E-state index contributed by atoms with van der Waals surface area (Å²) in [5.41, 5.74) is 8.65. The Labute approximate surface area is 121 Å². The quantitative estimate of drug-likeness (QED) is 0.659. The van der Waals surface area contributed by atoms with Gasteiger partial charge in [-0.25, -0.2) is 0 Å². The second-order valence-corrected chi connectivity index (χ2v) is 5.68. The summed E-state index contributed by atoms with van der Waals surface area (Å²) in [6.07, 6.45) is 3.30. The van der Waals surface area contributed by atoms with Gasteiger partial charge in [0.2, 0.25) is 0 Å². The summed E-state index contributed by atoms with van der Waals surface area (Å²) in [4.78, 5) is 0. The summed E-state index contributed by atoms with van der Waals surface area (Å²) in [6, 6.07) is 17.8. The van der Waals surface area contributed by atoms with Gasteiger partial charge < -0.3 is 0 Å². The number of fused-ring (bicyclic) bond motifs is 1. The Kier molecular flexibility index (Phi) is 3.86. The maximum Gasteiger partial charge on any atom is 0.0494 e. The molecule has 0 amide bonds. The molecule has 3 rings (SSSR count). The van der Waals surface area contributed by atoms with Gasteiger partial charge in [0.25, 0.3) is 0 Å². The maximum atomic E-state index is 5.84. The zero-order chi connectivity index (χ0) is 13.9. The van der Waals surface area contributed by atoms with Crippen LogP contribution in [0.1, 0.15) is 35.2 Å². The highest BCUT2D eigenvalue weighted by molar-refractivity contribution is 5.34. The van der Waals surface area contributed by atoms with E-state index in [4.69, 9.17) is 5.84 Å². The van der Waals surface area contributed by atoms with Crippen molar-refractivity contribution in [1.82, 2.24) is 5.43 Å². The monoisotopic (exact) mass is 266 g/mol. The number of hydrazine groups is 1. The van der Waals surface area contributed by atoms with E-state index >= 15 is 0 Å². The molecule has 1 aliphatic rings. The molecule has 0 heterocycles. The van der Waals surface area contributed by atoms with Crippen LogP contribution >= 0.6 is 0 Å². The highest BCUT2D eigenvalue weighted by Gasteiger charge is 2.28. The largest absolute Gasteiger partial charge is 0.271 e. The highest BCUT2D eigenvalue weighted by atomic mass is 15.2. The molecular formula is C18H22N2. The fraction of sp³-hybridized carbons (Fsp3) is 0.333. The Morgan fingerprint density at radius 3 is 2.15 bits per heavy atom. The number of hydrogen-bond donors (Lipinski definition) is 2. The van der Waals surface area contributed by atoms with Gasteiger partial charge in [0.15, 0.2) is 0 Å². The third kappa shape index (κ3) is 2.49. The van der Waals surface area contributed by atoms with Gasteiger partial charge >= 0.3 is 0 Å². The molecular weight excluding hydrogens is 244 g/mol. The van der Waals surface area contributed by atoms with Gasteiger partial charge in [0, 0.05) is 6.04 Å². The van der Waals surface area contributed by atoms with Crippen molar-refractivity contribution in [3.8, 4) is 0 Å². The average Bonchev–Trinajstić information content (AvgIpc) is 2.92. The number of hydrogen-bond acceptors (Lipinski definition) is 2. The highest BCUT2D eigenvalue weighted by Crippen LogP contribution is 2.34. The molecule has 0 saturated carbocycles. The van der Waals surface area contributed by atoms with E-state index in [0.29, 0.717) is 5.92 Å². The van der Waals surface area contributed by atoms with E-state index in [1.807, 2.05) is 0 Å². The first kappa shape index (κ1) is 13.3. The van der Waals surface area contributed by atoms with Crippen LogP contribution in [-0.4, -0.2) is 0 Å². The van der Waals surface area contributed by atoms with Gasteiger partial charge in [-0.1, -0.05) is 55.5 Å². The molecule has 20 heavy (non-hydrogen) atoms. The zero-order valence-corrected chi connectivity index (χ0v) is 12.0. The van der Waals surface area contributed by atoms with E-state index in [1.54, 1.807) is 0 Å². The molecule has 2 nitrogen and oxygen atoms in total. The Morgan fingerprint density at radius 1 is 1.05 bits per heavy atom. The van der Waals surface area contributed by atoms with Crippen molar-refractivity contribution in [3.05, 3.63) is 70.8 Å². The normalized spacial score (nSPS) is 16.1. The molecule has 0 spiro atoms. The number of benzene rings is 2.